The van der Waals surface area contributed by atoms with Crippen molar-refractivity contribution >= 4 is 17.3 Å². The molecule has 0 aromatic carbocycles. The number of rotatable bonds is 1. The van der Waals surface area contributed by atoms with Crippen molar-refractivity contribution in [2.24, 2.45) is 0 Å². The molecule has 1 rings (SSSR count). The van der Waals surface area contributed by atoms with Crippen LogP contribution in [0.2, 0.25) is 5.15 Å². The van der Waals surface area contributed by atoms with Crippen LogP contribution in [0.1, 0.15) is 0 Å². The van der Waals surface area contributed by atoms with Crippen molar-refractivity contribution in [3.63, 3.8) is 0 Å². The van der Waals surface area contributed by atoms with Crippen LogP contribution >= 0.6 is 11.6 Å². The van der Waals surface area contributed by atoms with Gasteiger partial charge in [0.15, 0.2) is 6.20 Å². The fourth-order valence-electron chi connectivity index (χ4n) is 0.596. The summed E-state index contributed by atoms with van der Waals surface area (Å²) in [7, 11) is 0. The molecule has 0 fully saturated rings. The van der Waals surface area contributed by atoms with Gasteiger partial charge in [-0.05, 0) is 11.6 Å². The summed E-state index contributed by atoms with van der Waals surface area (Å²) in [6.07, 6.45) is 1.09. The number of aromatic nitrogens is 1. The molecule has 1 aromatic rings. The highest BCUT2D eigenvalue weighted by molar-refractivity contribution is 6.30. The molecule has 5 nitrogen and oxygen atoms in total. The van der Waals surface area contributed by atoms with Gasteiger partial charge in [0.2, 0.25) is 0 Å². The molecular formula is C5H3ClN2O3. The lowest BCUT2D eigenvalue weighted by Crippen LogP contribution is -2.27. The molecule has 0 spiro atoms. The number of pyridine rings is 1. The van der Waals surface area contributed by atoms with Crippen LogP contribution in [0, 0.1) is 15.3 Å². The monoisotopic (exact) mass is 174 g/mol. The van der Waals surface area contributed by atoms with Gasteiger partial charge in [0.25, 0.3) is 0 Å². The second-order valence-corrected chi connectivity index (χ2v) is 2.13. The molecule has 0 unspecified atom stereocenters. The molecule has 0 saturated carbocycles. The van der Waals surface area contributed by atoms with E-state index in [2.05, 4.69) is 0 Å². The van der Waals surface area contributed by atoms with E-state index in [0.717, 1.165) is 12.3 Å². The van der Waals surface area contributed by atoms with Crippen molar-refractivity contribution in [1.29, 1.82) is 0 Å². The first-order valence-electron chi connectivity index (χ1n) is 2.65. The van der Waals surface area contributed by atoms with Gasteiger partial charge < -0.3 is 5.21 Å². The van der Waals surface area contributed by atoms with Crippen molar-refractivity contribution in [3.8, 4) is 0 Å². The van der Waals surface area contributed by atoms with E-state index in [4.69, 9.17) is 11.6 Å². The SMILES string of the molecule is O=[N+]([O-])c1ccc[n+]([O-])c1Cl. The molecule has 58 valence electrons. The van der Waals surface area contributed by atoms with E-state index in [1.54, 1.807) is 0 Å². The number of halogens is 1. The minimum absolute atomic E-state index is 0.236. The number of hydrogen-bond acceptors (Lipinski definition) is 3. The Hall–Kier alpha value is -1.36. The Morgan fingerprint density at radius 1 is 1.64 bits per heavy atom. The first-order valence-corrected chi connectivity index (χ1v) is 3.03. The van der Waals surface area contributed by atoms with Crippen LogP contribution in [0.5, 0.6) is 0 Å². The molecule has 0 radical (unpaired) electrons. The zero-order valence-corrected chi connectivity index (χ0v) is 5.99. The highest BCUT2D eigenvalue weighted by Crippen LogP contribution is 2.17. The summed E-state index contributed by atoms with van der Waals surface area (Å²) in [5.41, 5.74) is -0.385. The van der Waals surface area contributed by atoms with Crippen molar-refractivity contribution in [3.05, 3.63) is 38.8 Å². The van der Waals surface area contributed by atoms with E-state index in [0.29, 0.717) is 0 Å². The smallest absolute Gasteiger partial charge is 0.364 e. The summed E-state index contributed by atoms with van der Waals surface area (Å²) in [6, 6.07) is 2.42. The van der Waals surface area contributed by atoms with Crippen LogP contribution < -0.4 is 4.73 Å². The van der Waals surface area contributed by atoms with Crippen molar-refractivity contribution < 1.29 is 9.65 Å². The van der Waals surface area contributed by atoms with Crippen LogP contribution in [0.4, 0.5) is 5.69 Å². The lowest BCUT2D eigenvalue weighted by atomic mass is 10.4. The fraction of sp³-hybridized carbons (Fsp3) is 0. The van der Waals surface area contributed by atoms with Crippen LogP contribution in [0.3, 0.4) is 0 Å². The molecule has 1 aromatic heterocycles. The maximum Gasteiger partial charge on any atom is 0.364 e. The molecule has 11 heavy (non-hydrogen) atoms. The van der Waals surface area contributed by atoms with Crippen LogP contribution in [-0.2, 0) is 0 Å². The minimum atomic E-state index is -0.712. The molecule has 0 aliphatic heterocycles. The van der Waals surface area contributed by atoms with Gasteiger partial charge in [0.05, 0.1) is 4.92 Å². The third kappa shape index (κ3) is 1.38. The first-order chi connectivity index (χ1) is 5.13. The molecule has 6 heteroatoms. The van der Waals surface area contributed by atoms with E-state index >= 15 is 0 Å². The predicted octanol–water partition coefficient (Wildman–Crippen LogP) is 0.882. The molecule has 0 atom stereocenters. The normalized spacial score (nSPS) is 9.55. The summed E-state index contributed by atoms with van der Waals surface area (Å²) in [5.74, 6) is 0. The maximum atomic E-state index is 10.6. The summed E-state index contributed by atoms with van der Waals surface area (Å²) in [6.45, 7) is 0. The molecule has 0 aliphatic carbocycles. The Morgan fingerprint density at radius 3 is 2.73 bits per heavy atom. The molecule has 1 heterocycles. The van der Waals surface area contributed by atoms with Gasteiger partial charge in [-0.3, -0.25) is 10.1 Å². The third-order valence-electron chi connectivity index (χ3n) is 1.08. The Balaban J connectivity index is 3.27. The topological polar surface area (TPSA) is 70.1 Å². The molecule has 0 amide bonds. The van der Waals surface area contributed by atoms with Crippen LogP contribution in [0.25, 0.3) is 0 Å². The molecule has 0 aliphatic rings. The van der Waals surface area contributed by atoms with E-state index in [9.17, 15) is 15.3 Å². The van der Waals surface area contributed by atoms with Crippen molar-refractivity contribution in [2.45, 2.75) is 0 Å². The Bertz CT molecular complexity index is 302. The standard InChI is InChI=1S/C5H3ClN2O3/c6-5-4(8(10)11)2-1-3-7(5)9/h1-3H. The Labute approximate surface area is 66.6 Å². The van der Waals surface area contributed by atoms with E-state index < -0.39 is 10.1 Å². The number of nitrogens with zero attached hydrogens (tertiary/aromatic N) is 2. The number of nitro groups is 1. The van der Waals surface area contributed by atoms with E-state index in [1.165, 1.54) is 6.07 Å². The van der Waals surface area contributed by atoms with Gasteiger partial charge in [0.1, 0.15) is 0 Å². The lowest BCUT2D eigenvalue weighted by molar-refractivity contribution is -0.607. The van der Waals surface area contributed by atoms with Gasteiger partial charge in [-0.1, -0.05) is 0 Å². The van der Waals surface area contributed by atoms with Crippen molar-refractivity contribution in [1.82, 2.24) is 0 Å². The van der Waals surface area contributed by atoms with Crippen molar-refractivity contribution in [2.75, 3.05) is 0 Å². The largest absolute Gasteiger partial charge is 0.617 e. The summed E-state index contributed by atoms with van der Waals surface area (Å²) in [4.78, 5) is 9.43. The second-order valence-electron chi connectivity index (χ2n) is 1.77. The van der Waals surface area contributed by atoms with Crippen LogP contribution in [0.15, 0.2) is 18.3 Å². The molecular weight excluding hydrogens is 172 g/mol. The quantitative estimate of drug-likeness (QED) is 0.209. The summed E-state index contributed by atoms with van der Waals surface area (Å²) in [5, 5.41) is 20.3. The average molecular weight is 175 g/mol. The predicted molar refractivity (Wildman–Crippen MR) is 37.1 cm³/mol. The van der Waals surface area contributed by atoms with Gasteiger partial charge >= 0.3 is 10.8 Å². The van der Waals surface area contributed by atoms with Gasteiger partial charge in [-0.2, -0.15) is 4.73 Å². The highest BCUT2D eigenvalue weighted by Gasteiger charge is 2.18. The summed E-state index contributed by atoms with van der Waals surface area (Å²) < 4.78 is 0.236. The zero-order chi connectivity index (χ0) is 8.43. The minimum Gasteiger partial charge on any atom is -0.617 e. The molecule has 0 saturated heterocycles. The lowest BCUT2D eigenvalue weighted by Gasteiger charge is -1.96. The van der Waals surface area contributed by atoms with Gasteiger partial charge in [-0.15, -0.1) is 0 Å². The van der Waals surface area contributed by atoms with Gasteiger partial charge in [0, 0.05) is 12.1 Å². The zero-order valence-electron chi connectivity index (χ0n) is 5.23. The van der Waals surface area contributed by atoms with E-state index in [-0.39, 0.29) is 10.4 Å². The summed E-state index contributed by atoms with van der Waals surface area (Å²) >= 11 is 5.30. The first kappa shape index (κ1) is 7.74. The second kappa shape index (κ2) is 2.71. The highest BCUT2D eigenvalue weighted by atomic mass is 35.5. The van der Waals surface area contributed by atoms with Gasteiger partial charge in [-0.25, -0.2) is 0 Å². The van der Waals surface area contributed by atoms with E-state index in [1.807, 2.05) is 0 Å². The fourth-order valence-corrected chi connectivity index (χ4v) is 0.784. The molecule has 0 N–H and O–H groups in total. The van der Waals surface area contributed by atoms with Crippen LogP contribution in [-0.4, -0.2) is 4.92 Å². The Kier molecular flexibility index (Phi) is 1.91. The average Bonchev–Trinajstić information content (AvgIpc) is 1.94. The maximum absolute atomic E-state index is 10.6. The molecule has 0 bridgehead atoms. The Morgan fingerprint density at radius 2 is 2.27 bits per heavy atom. The third-order valence-corrected chi connectivity index (χ3v) is 1.44. The number of hydrogen-bond donors (Lipinski definition) is 0.